The summed E-state index contributed by atoms with van der Waals surface area (Å²) in [5.41, 5.74) is 28.3. The van der Waals surface area contributed by atoms with Crippen LogP contribution in [0.3, 0.4) is 0 Å². The second-order valence-electron chi connectivity index (χ2n) is 5.53. The molecule has 0 aliphatic carbocycles. The van der Waals surface area contributed by atoms with Gasteiger partial charge in [-0.25, -0.2) is 0 Å². The summed E-state index contributed by atoms with van der Waals surface area (Å²) in [7, 11) is 5.24. The Morgan fingerprint density at radius 1 is 0.658 bits per heavy atom. The fourth-order valence-electron chi connectivity index (χ4n) is 1.85. The van der Waals surface area contributed by atoms with E-state index in [-0.39, 0.29) is 45.6 Å². The van der Waals surface area contributed by atoms with Gasteiger partial charge in [0.1, 0.15) is 0 Å². The second kappa shape index (κ2) is 43.9. The van der Waals surface area contributed by atoms with Gasteiger partial charge in [-0.05, 0) is 25.2 Å². The largest absolute Gasteiger partial charge is 3.00 e. The van der Waals surface area contributed by atoms with E-state index in [0.29, 0.717) is 24.2 Å². The number of aliphatic imine (C=N–C) groups is 2. The number of hydrogen-bond acceptors (Lipinski definition) is 8. The molecule has 14 nitrogen and oxygen atoms in total. The molecule has 0 saturated carbocycles. The number of nitrogens with zero attached hydrogens (tertiary/aromatic N) is 8. The third-order valence-electron chi connectivity index (χ3n) is 3.28. The van der Waals surface area contributed by atoms with Crippen LogP contribution < -0.4 is 31.1 Å². The van der Waals surface area contributed by atoms with Crippen LogP contribution in [-0.4, -0.2) is 66.9 Å². The Labute approximate surface area is 244 Å². The number of nitrogens with one attached hydrogen (secondary N) is 2. The maximum Gasteiger partial charge on any atom is 3.00 e. The first-order valence-corrected chi connectivity index (χ1v) is 10.1. The standard InChI is InChI=1S/2C10H14N2O.2CH3O.2Mn.2N3/c2*1-11-6-7-12-8-9-4-2-3-5-10(9)13;2*1-2;;;2*1-3-2/h2*2-5,8,11,13H,6-7H2,1H3;2*1H3;;;;/q;;2*-1;2*+3;2*-1/p-2. The Bertz CT molecular complexity index is 807. The normalized spacial score (nSPS) is 8.16. The minimum atomic E-state index is 0. The van der Waals surface area contributed by atoms with Crippen molar-refractivity contribution < 1.29 is 54.6 Å². The predicted molar refractivity (Wildman–Crippen MR) is 137 cm³/mol. The van der Waals surface area contributed by atoms with Crippen LogP contribution in [0.15, 0.2) is 58.5 Å². The van der Waals surface area contributed by atoms with E-state index in [1.807, 2.05) is 26.2 Å². The van der Waals surface area contributed by atoms with Crippen LogP contribution in [0.1, 0.15) is 11.1 Å². The fraction of sp³-hybridized carbons (Fsp3) is 0.364. The van der Waals surface area contributed by atoms with Gasteiger partial charge >= 0.3 is 34.1 Å². The number of likely N-dealkylation sites (N-methyl/N-ethyl adjacent to an activating group) is 2. The minimum Gasteiger partial charge on any atom is -0.872 e. The van der Waals surface area contributed by atoms with E-state index >= 15 is 0 Å². The third kappa shape index (κ3) is 35.0. The van der Waals surface area contributed by atoms with E-state index in [1.54, 1.807) is 48.8 Å². The molecule has 0 aliphatic heterocycles. The zero-order valence-corrected chi connectivity index (χ0v) is 23.9. The van der Waals surface area contributed by atoms with Crippen LogP contribution in [0.4, 0.5) is 0 Å². The van der Waals surface area contributed by atoms with Crippen molar-refractivity contribution in [3.63, 3.8) is 0 Å². The van der Waals surface area contributed by atoms with Crippen molar-refractivity contribution >= 4 is 12.4 Å². The summed E-state index contributed by atoms with van der Waals surface area (Å²) in [5, 5.41) is 44.8. The fourth-order valence-corrected chi connectivity index (χ4v) is 1.85. The molecule has 0 aromatic heterocycles. The van der Waals surface area contributed by atoms with Crippen molar-refractivity contribution in [1.82, 2.24) is 10.6 Å². The van der Waals surface area contributed by atoms with Gasteiger partial charge in [0.15, 0.2) is 0 Å². The summed E-state index contributed by atoms with van der Waals surface area (Å²) in [6.45, 7) is 3.06. The zero-order chi connectivity index (χ0) is 28.5. The molecule has 2 aromatic rings. The first kappa shape index (κ1) is 48.0. The van der Waals surface area contributed by atoms with Crippen LogP contribution in [0.25, 0.3) is 31.9 Å². The molecule has 0 heterocycles. The number of hydrogen-bond donors (Lipinski definition) is 2. The molecule has 2 N–H and O–H groups in total. The molecule has 2 rings (SSSR count). The van der Waals surface area contributed by atoms with Gasteiger partial charge in [0.05, 0.1) is 13.1 Å². The molecule has 0 radical (unpaired) electrons. The van der Waals surface area contributed by atoms with Gasteiger partial charge in [-0.2, -0.15) is 14.2 Å². The van der Waals surface area contributed by atoms with E-state index in [4.69, 9.17) is 32.3 Å². The van der Waals surface area contributed by atoms with E-state index < -0.39 is 0 Å². The Morgan fingerprint density at radius 2 is 0.921 bits per heavy atom. The quantitative estimate of drug-likeness (QED) is 0.107. The summed E-state index contributed by atoms with van der Waals surface area (Å²) in [4.78, 5) is 11.2. The molecule has 0 fully saturated rings. The van der Waals surface area contributed by atoms with Crippen LogP contribution in [0.5, 0.6) is 11.5 Å². The van der Waals surface area contributed by atoms with Crippen molar-refractivity contribution in [3.05, 3.63) is 91.6 Å². The molecule has 0 saturated heterocycles. The maximum absolute atomic E-state index is 11.2. The average Bonchev–Trinajstić information content (AvgIpc) is 2.90. The Hall–Kier alpha value is -3.12. The number of benzene rings is 2. The number of rotatable bonds is 8. The van der Waals surface area contributed by atoms with Gasteiger partial charge in [0.25, 0.3) is 0 Å². The van der Waals surface area contributed by atoms with Gasteiger partial charge in [-0.3, -0.25) is 19.8 Å². The van der Waals surface area contributed by atoms with Crippen LogP contribution in [-0.2, 0) is 34.1 Å². The molecule has 208 valence electrons. The molecule has 2 aromatic carbocycles. The first-order valence-electron chi connectivity index (χ1n) is 10.1. The third-order valence-corrected chi connectivity index (χ3v) is 3.28. The minimum absolute atomic E-state index is 0. The summed E-state index contributed by atoms with van der Waals surface area (Å²) < 4.78 is 0. The molecule has 38 heavy (non-hydrogen) atoms. The SMILES string of the molecule is CNCCN=Cc1ccccc1[O-].CNCCN=Cc1ccccc1[O-].C[O-].C[O-].[Mn+3].[Mn+3].[N-]=[N+]=[N-].[N-]=[N+]=[N-]. The van der Waals surface area contributed by atoms with Gasteiger partial charge in [-0.15, -0.1) is 11.5 Å². The Kier molecular flexibility index (Phi) is 55.5. The molecule has 0 unspecified atom stereocenters. The van der Waals surface area contributed by atoms with Crippen molar-refractivity contribution in [2.75, 3.05) is 54.5 Å². The molecule has 0 amide bonds. The Morgan fingerprint density at radius 3 is 1.16 bits per heavy atom. The van der Waals surface area contributed by atoms with Crippen molar-refractivity contribution in [2.45, 2.75) is 0 Å². The van der Waals surface area contributed by atoms with Crippen LogP contribution in [0.2, 0.25) is 0 Å². The van der Waals surface area contributed by atoms with Crippen LogP contribution >= 0.6 is 0 Å². The monoisotopic (exact) mass is 610 g/mol. The van der Waals surface area contributed by atoms with Crippen molar-refractivity contribution in [1.29, 1.82) is 0 Å². The van der Waals surface area contributed by atoms with Gasteiger partial charge in [0.2, 0.25) is 0 Å². The Balaban J connectivity index is -0.0000000968. The predicted octanol–water partition coefficient (Wildman–Crippen LogP) is 0.477. The van der Waals surface area contributed by atoms with E-state index in [0.717, 1.165) is 27.3 Å². The molecule has 0 spiro atoms. The topological polar surface area (TPSA) is 258 Å². The van der Waals surface area contributed by atoms with E-state index in [2.05, 4.69) is 20.6 Å². The molecule has 0 atom stereocenters. The summed E-state index contributed by atoms with van der Waals surface area (Å²) in [6.07, 6.45) is 3.25. The van der Waals surface area contributed by atoms with E-state index in [1.165, 1.54) is 9.82 Å². The first-order chi connectivity index (χ1) is 17.5. The second-order valence-corrected chi connectivity index (χ2v) is 5.53. The molecule has 16 heteroatoms. The van der Waals surface area contributed by atoms with E-state index in [9.17, 15) is 10.2 Å². The van der Waals surface area contributed by atoms with Gasteiger partial charge in [0, 0.05) is 25.5 Å². The van der Waals surface area contributed by atoms with Crippen molar-refractivity contribution in [3.8, 4) is 11.5 Å². The van der Waals surface area contributed by atoms with Crippen molar-refractivity contribution in [2.24, 2.45) is 9.98 Å². The maximum atomic E-state index is 11.2. The molecule has 0 bridgehead atoms. The summed E-state index contributed by atoms with van der Waals surface area (Å²) >= 11 is 0. The molecule has 0 aliphatic rings. The smallest absolute Gasteiger partial charge is 0.872 e. The molecular formula is C22H32Mn2N10O4. The zero-order valence-electron chi connectivity index (χ0n) is 21.6. The van der Waals surface area contributed by atoms with Crippen LogP contribution in [0, 0.1) is 0 Å². The summed E-state index contributed by atoms with van der Waals surface area (Å²) in [6, 6.07) is 13.7. The summed E-state index contributed by atoms with van der Waals surface area (Å²) in [5.74, 6) is 0.0476. The van der Waals surface area contributed by atoms with Gasteiger partial charge in [-0.1, -0.05) is 48.5 Å². The van der Waals surface area contributed by atoms with Gasteiger partial charge < -0.3 is 53.2 Å². The molecular weight excluding hydrogens is 578 g/mol. The number of para-hydroxylation sites is 2. The average molecular weight is 610 g/mol.